The molecule has 16 N–H and O–H groups in total. The molecule has 0 aliphatic carbocycles. The normalized spacial score (nSPS) is 14.0. The molecule has 20 heteroatoms. The van der Waals surface area contributed by atoms with Crippen LogP contribution in [0.15, 0.2) is 76.7 Å². The molecule has 0 aliphatic heterocycles. The second-order valence-corrected chi connectivity index (χ2v) is 16.6. The zero-order chi connectivity index (χ0) is 49.6. The fraction of sp³-hybridized carbons (Fsp3) is 0.468. The number of nitrogens with one attached hydrogen (secondary N) is 6. The summed E-state index contributed by atoms with van der Waals surface area (Å²) in [6, 6.07) is 14.4. The van der Waals surface area contributed by atoms with Crippen molar-refractivity contribution in [1.29, 1.82) is 0 Å². The Hall–Kier alpha value is -7.25. The van der Waals surface area contributed by atoms with Gasteiger partial charge in [0.15, 0.2) is 11.9 Å². The van der Waals surface area contributed by atoms with Crippen LogP contribution in [0.4, 0.5) is 5.69 Å². The minimum absolute atomic E-state index is 0.0861. The first-order chi connectivity index (χ1) is 31.9. The van der Waals surface area contributed by atoms with Crippen molar-refractivity contribution in [2.75, 3.05) is 18.4 Å². The molecule has 0 heterocycles. The number of benzene rings is 3. The van der Waals surface area contributed by atoms with Crippen molar-refractivity contribution in [2.45, 2.75) is 116 Å². The van der Waals surface area contributed by atoms with Gasteiger partial charge >= 0.3 is 0 Å². The average Bonchev–Trinajstić information content (AvgIpc) is 3.30. The van der Waals surface area contributed by atoms with Crippen LogP contribution in [0, 0.1) is 11.8 Å². The molecule has 0 radical (unpaired) electrons. The van der Waals surface area contributed by atoms with Gasteiger partial charge in [-0.25, -0.2) is 0 Å². The second-order valence-electron chi connectivity index (χ2n) is 16.6. The van der Waals surface area contributed by atoms with E-state index in [9.17, 15) is 33.6 Å². The number of rotatable bonds is 27. The summed E-state index contributed by atoms with van der Waals surface area (Å²) in [4.78, 5) is 102. The standard InChI is InChI=1S/C47H69N13O7/c1-6-27(4)38(40(48)62)59-44(66)36(16-12-24-54-47(51)52)58-42(64)34(8-3)57-45(67)39(28(5)7-2)60-43(65)35(15-11-23-53-46(49)50)56-37(61)25-29-17-21-33(22-18-29)55-41(63)32-20-19-30-13-9-10-14-31(30)26-32/h9-10,13-14,17-22,26-28,34-36,38-39H,6-8,11-12,15-16,23-25H2,1-5H3,(H2,48,62)(H,55,63)(H,56,61)(H,57,67)(H,58,64)(H,59,66)(H,60,65)(H4,49,50,53)(H4,51,52,54)/t27-,28-,34-,35?,36+,38-,39-/m0/s1. The fourth-order valence-electron chi connectivity index (χ4n) is 7.04. The number of hydrogen-bond acceptors (Lipinski definition) is 9. The predicted molar refractivity (Wildman–Crippen MR) is 260 cm³/mol. The molecular formula is C47H69N13O7. The Bertz CT molecular complexity index is 2230. The molecule has 0 bridgehead atoms. The monoisotopic (exact) mass is 928 g/mol. The number of primary amides is 1. The van der Waals surface area contributed by atoms with Crippen LogP contribution in [0.5, 0.6) is 0 Å². The van der Waals surface area contributed by atoms with E-state index in [1.165, 1.54) is 0 Å². The maximum Gasteiger partial charge on any atom is 0.255 e. The Morgan fingerprint density at radius 1 is 0.552 bits per heavy atom. The van der Waals surface area contributed by atoms with Gasteiger partial charge in [0.2, 0.25) is 35.4 Å². The molecule has 0 saturated heterocycles. The van der Waals surface area contributed by atoms with Crippen LogP contribution in [-0.2, 0) is 35.2 Å². The highest BCUT2D eigenvalue weighted by atomic mass is 16.2. The van der Waals surface area contributed by atoms with E-state index in [-0.39, 0.29) is 68.9 Å². The molecule has 0 fully saturated rings. The molecule has 20 nitrogen and oxygen atoms in total. The van der Waals surface area contributed by atoms with Crippen LogP contribution in [0.3, 0.4) is 0 Å². The summed E-state index contributed by atoms with van der Waals surface area (Å²) >= 11 is 0. The van der Waals surface area contributed by atoms with Crippen LogP contribution in [0.2, 0.25) is 0 Å². The smallest absolute Gasteiger partial charge is 0.255 e. The average molecular weight is 928 g/mol. The van der Waals surface area contributed by atoms with E-state index in [4.69, 9.17) is 28.7 Å². The van der Waals surface area contributed by atoms with Gasteiger partial charge in [-0.2, -0.15) is 0 Å². The van der Waals surface area contributed by atoms with Gasteiger partial charge < -0.3 is 60.6 Å². The Labute approximate surface area is 391 Å². The first-order valence-electron chi connectivity index (χ1n) is 22.7. The zero-order valence-electron chi connectivity index (χ0n) is 39.1. The third-order valence-electron chi connectivity index (χ3n) is 11.4. The molecule has 3 aromatic carbocycles. The fourth-order valence-corrected chi connectivity index (χ4v) is 7.04. The van der Waals surface area contributed by atoms with E-state index >= 15 is 0 Å². The molecule has 3 aromatic rings. The molecular weight excluding hydrogens is 859 g/mol. The molecule has 7 amide bonds. The number of carbonyl (C=O) groups is 7. The zero-order valence-corrected chi connectivity index (χ0v) is 39.1. The number of nitrogens with two attached hydrogens (primary N) is 5. The lowest BCUT2D eigenvalue weighted by atomic mass is 9.96. The second kappa shape index (κ2) is 27.3. The summed E-state index contributed by atoms with van der Waals surface area (Å²) in [6.45, 7) is 9.20. The first-order valence-corrected chi connectivity index (χ1v) is 22.7. The lowest BCUT2D eigenvalue weighted by Gasteiger charge is -2.29. The van der Waals surface area contributed by atoms with Gasteiger partial charge in [-0.3, -0.25) is 43.5 Å². The maximum absolute atomic E-state index is 14.0. The van der Waals surface area contributed by atoms with Crippen molar-refractivity contribution in [3.63, 3.8) is 0 Å². The first kappa shape index (κ1) is 54.1. The number of guanidine groups is 2. The van der Waals surface area contributed by atoms with Gasteiger partial charge in [0.05, 0.1) is 6.42 Å². The van der Waals surface area contributed by atoms with Gasteiger partial charge in [0.25, 0.3) is 5.91 Å². The Morgan fingerprint density at radius 3 is 1.60 bits per heavy atom. The molecule has 0 saturated carbocycles. The molecule has 3 rings (SSSR count). The minimum Gasteiger partial charge on any atom is -0.370 e. The summed E-state index contributed by atoms with van der Waals surface area (Å²) in [7, 11) is 0. The quantitative estimate of drug-likeness (QED) is 0.0293. The van der Waals surface area contributed by atoms with Crippen LogP contribution >= 0.6 is 0 Å². The summed E-state index contributed by atoms with van der Waals surface area (Å²) in [5, 5.41) is 18.5. The largest absolute Gasteiger partial charge is 0.370 e. The molecule has 0 aliphatic rings. The van der Waals surface area contributed by atoms with Crippen LogP contribution in [0.1, 0.15) is 95.5 Å². The lowest BCUT2D eigenvalue weighted by molar-refractivity contribution is -0.136. The van der Waals surface area contributed by atoms with Crippen molar-refractivity contribution in [1.82, 2.24) is 26.6 Å². The number of carbonyl (C=O) groups excluding carboxylic acids is 7. The van der Waals surface area contributed by atoms with Crippen molar-refractivity contribution < 1.29 is 33.6 Å². The van der Waals surface area contributed by atoms with Crippen molar-refractivity contribution in [3.8, 4) is 0 Å². The minimum atomic E-state index is -1.15. The van der Waals surface area contributed by atoms with Crippen molar-refractivity contribution in [2.24, 2.45) is 50.5 Å². The van der Waals surface area contributed by atoms with Gasteiger partial charge in [-0.15, -0.1) is 0 Å². The maximum atomic E-state index is 14.0. The predicted octanol–water partition coefficient (Wildman–Crippen LogP) is 1.15. The third-order valence-corrected chi connectivity index (χ3v) is 11.4. The summed E-state index contributed by atoms with van der Waals surface area (Å²) in [5.74, 6) is -5.14. The van der Waals surface area contributed by atoms with E-state index in [2.05, 4.69) is 41.9 Å². The number of anilines is 1. The molecule has 1 unspecified atom stereocenters. The highest BCUT2D eigenvalue weighted by Crippen LogP contribution is 2.18. The summed E-state index contributed by atoms with van der Waals surface area (Å²) in [5.41, 5.74) is 29.1. The van der Waals surface area contributed by atoms with Crippen molar-refractivity contribution >= 4 is 69.7 Å². The molecule has 0 spiro atoms. The Morgan fingerprint density at radius 2 is 1.06 bits per heavy atom. The van der Waals surface area contributed by atoms with E-state index in [0.29, 0.717) is 36.1 Å². The van der Waals surface area contributed by atoms with Gasteiger partial charge in [0, 0.05) is 24.3 Å². The van der Waals surface area contributed by atoms with Crippen LogP contribution in [-0.4, -0.2) is 96.6 Å². The van der Waals surface area contributed by atoms with E-state index in [1.54, 1.807) is 51.1 Å². The van der Waals surface area contributed by atoms with Gasteiger partial charge in [0.1, 0.15) is 30.2 Å². The Balaban J connectivity index is 1.73. The Kier molecular flexibility index (Phi) is 22.0. The van der Waals surface area contributed by atoms with Gasteiger partial charge in [-0.05, 0) is 84.5 Å². The van der Waals surface area contributed by atoms with E-state index in [0.717, 1.165) is 10.8 Å². The lowest BCUT2D eigenvalue weighted by Crippen LogP contribution is -2.60. The SMILES string of the molecule is CC[C@H](NC(=O)[C@@H](NC(=O)C(CCCN=C(N)N)NC(=O)Cc1ccc(NC(=O)c2ccc3ccccc3c2)cc1)[C@@H](C)CC)C(=O)N[C@H](CCCN=C(N)N)C(=O)N[C@H](C(N)=O)[C@@H](C)CC. The molecule has 0 aromatic heterocycles. The number of fused-ring (bicyclic) bond motifs is 1. The van der Waals surface area contributed by atoms with Crippen LogP contribution < -0.4 is 60.6 Å². The number of amides is 7. The number of aliphatic imine (C=N–C) groups is 2. The molecule has 7 atom stereocenters. The molecule has 67 heavy (non-hydrogen) atoms. The van der Waals surface area contributed by atoms with E-state index in [1.807, 2.05) is 50.2 Å². The number of hydrogen-bond donors (Lipinski definition) is 11. The summed E-state index contributed by atoms with van der Waals surface area (Å²) < 4.78 is 0. The third kappa shape index (κ3) is 17.9. The highest BCUT2D eigenvalue weighted by molar-refractivity contribution is 6.06. The van der Waals surface area contributed by atoms with Gasteiger partial charge in [-0.1, -0.05) is 89.9 Å². The number of nitrogens with zero attached hydrogens (tertiary/aromatic N) is 2. The van der Waals surface area contributed by atoms with Crippen LogP contribution in [0.25, 0.3) is 10.8 Å². The topological polar surface area (TPSA) is 346 Å². The molecule has 364 valence electrons. The summed E-state index contributed by atoms with van der Waals surface area (Å²) in [6.07, 6.45) is 1.80. The van der Waals surface area contributed by atoms with Crippen molar-refractivity contribution in [3.05, 3.63) is 77.9 Å². The highest BCUT2D eigenvalue weighted by Gasteiger charge is 2.34. The van der Waals surface area contributed by atoms with E-state index < -0.39 is 71.6 Å².